The summed E-state index contributed by atoms with van der Waals surface area (Å²) in [5.74, 6) is 1.52. The minimum atomic E-state index is -0.296. The summed E-state index contributed by atoms with van der Waals surface area (Å²) >= 11 is 0. The Morgan fingerprint density at radius 1 is 1.35 bits per heavy atom. The molecule has 2 heterocycles. The predicted octanol–water partition coefficient (Wildman–Crippen LogP) is 1.96. The van der Waals surface area contributed by atoms with Gasteiger partial charge in [0.15, 0.2) is 17.4 Å². The number of nitrogens with zero attached hydrogens (tertiary/aromatic N) is 3. The van der Waals surface area contributed by atoms with Gasteiger partial charge in [-0.2, -0.15) is 4.98 Å². The maximum absolute atomic E-state index is 5.16. The van der Waals surface area contributed by atoms with Gasteiger partial charge in [-0.1, -0.05) is 19.0 Å². The Hall–Kier alpha value is -1.69. The molecule has 0 spiro atoms. The summed E-state index contributed by atoms with van der Waals surface area (Å²) in [4.78, 5) is 8.43. The van der Waals surface area contributed by atoms with Gasteiger partial charge in [0, 0.05) is 14.0 Å². The van der Waals surface area contributed by atoms with E-state index < -0.39 is 0 Å². The molecule has 0 fully saturated rings. The Kier molecular flexibility index (Phi) is 2.97. The topological polar surface area (TPSA) is 74.2 Å². The summed E-state index contributed by atoms with van der Waals surface area (Å²) < 4.78 is 15.4. The molecule has 92 valence electrons. The second-order valence-corrected chi connectivity index (χ2v) is 4.49. The Balaban J connectivity index is 2.27. The summed E-state index contributed by atoms with van der Waals surface area (Å²) in [6.45, 7) is 6.25. The summed E-state index contributed by atoms with van der Waals surface area (Å²) in [5.41, 5.74) is 0.254. The molecule has 0 atom stereocenters. The van der Waals surface area contributed by atoms with Gasteiger partial charge in [0.25, 0.3) is 5.89 Å². The molecule has 0 aliphatic heterocycles. The van der Waals surface area contributed by atoms with E-state index in [0.717, 1.165) is 0 Å². The predicted molar refractivity (Wildman–Crippen MR) is 59.4 cm³/mol. The molecule has 0 saturated carbocycles. The number of ether oxygens (including phenoxy) is 1. The third-order valence-electron chi connectivity index (χ3n) is 2.37. The second kappa shape index (κ2) is 4.29. The summed E-state index contributed by atoms with van der Waals surface area (Å²) in [6.07, 6.45) is 1.50. The fourth-order valence-electron chi connectivity index (χ4n) is 1.49. The second-order valence-electron chi connectivity index (χ2n) is 4.49. The van der Waals surface area contributed by atoms with Crippen LogP contribution >= 0.6 is 0 Å². The first-order valence-corrected chi connectivity index (χ1v) is 5.28. The number of oxazole rings is 1. The van der Waals surface area contributed by atoms with E-state index >= 15 is 0 Å². The van der Waals surface area contributed by atoms with E-state index in [0.29, 0.717) is 29.9 Å². The zero-order chi connectivity index (χ0) is 12.5. The lowest BCUT2D eigenvalue weighted by Gasteiger charge is -2.18. The third-order valence-corrected chi connectivity index (χ3v) is 2.37. The standard InChI is InChI=1S/C11H15N3O3/c1-7-12-8(5-16-7)9-13-10(14-17-9)11(2,3)6-15-4/h5H,6H2,1-4H3. The molecule has 0 radical (unpaired) electrons. The molecular weight excluding hydrogens is 222 g/mol. The number of methoxy groups -OCH3 is 1. The fourth-order valence-corrected chi connectivity index (χ4v) is 1.49. The number of hydrogen-bond donors (Lipinski definition) is 0. The molecule has 0 amide bonds. The number of aryl methyl sites for hydroxylation is 1. The van der Waals surface area contributed by atoms with Crippen LogP contribution in [0.15, 0.2) is 15.2 Å². The van der Waals surface area contributed by atoms with Crippen LogP contribution < -0.4 is 0 Å². The van der Waals surface area contributed by atoms with Gasteiger partial charge in [-0.15, -0.1) is 0 Å². The van der Waals surface area contributed by atoms with Gasteiger partial charge in [-0.05, 0) is 0 Å². The van der Waals surface area contributed by atoms with Crippen LogP contribution in [0.25, 0.3) is 11.6 Å². The fraction of sp³-hybridized carbons (Fsp3) is 0.545. The van der Waals surface area contributed by atoms with E-state index in [1.807, 2.05) is 13.8 Å². The Labute approximate surface area is 99.0 Å². The van der Waals surface area contributed by atoms with Crippen LogP contribution in [0, 0.1) is 6.92 Å². The van der Waals surface area contributed by atoms with Crippen molar-refractivity contribution in [3.8, 4) is 11.6 Å². The molecule has 2 aromatic heterocycles. The van der Waals surface area contributed by atoms with Crippen molar-refractivity contribution in [2.45, 2.75) is 26.2 Å². The van der Waals surface area contributed by atoms with Crippen LogP contribution in [-0.2, 0) is 10.2 Å². The Morgan fingerprint density at radius 3 is 2.71 bits per heavy atom. The lowest BCUT2D eigenvalue weighted by molar-refractivity contribution is 0.141. The van der Waals surface area contributed by atoms with Gasteiger partial charge in [0.2, 0.25) is 0 Å². The maximum atomic E-state index is 5.16. The van der Waals surface area contributed by atoms with Crippen LogP contribution in [0.3, 0.4) is 0 Å². The van der Waals surface area contributed by atoms with E-state index in [2.05, 4.69) is 15.1 Å². The van der Waals surface area contributed by atoms with Gasteiger partial charge in [0.1, 0.15) is 6.26 Å². The minimum Gasteiger partial charge on any atom is -0.448 e. The minimum absolute atomic E-state index is 0.296. The highest BCUT2D eigenvalue weighted by Gasteiger charge is 2.27. The van der Waals surface area contributed by atoms with E-state index in [4.69, 9.17) is 13.7 Å². The molecule has 6 nitrogen and oxygen atoms in total. The SMILES string of the molecule is COCC(C)(C)c1noc(-c2coc(C)n2)n1. The molecular formula is C11H15N3O3. The van der Waals surface area contributed by atoms with E-state index in [9.17, 15) is 0 Å². The normalized spacial score (nSPS) is 12.0. The van der Waals surface area contributed by atoms with E-state index in [1.165, 1.54) is 6.26 Å². The van der Waals surface area contributed by atoms with Crippen molar-refractivity contribution >= 4 is 0 Å². The van der Waals surface area contributed by atoms with Gasteiger partial charge in [-0.3, -0.25) is 0 Å². The van der Waals surface area contributed by atoms with Crippen LogP contribution in [0.1, 0.15) is 25.6 Å². The Morgan fingerprint density at radius 2 is 2.12 bits per heavy atom. The first-order valence-electron chi connectivity index (χ1n) is 5.28. The van der Waals surface area contributed by atoms with Crippen LogP contribution in [0.2, 0.25) is 0 Å². The molecule has 0 saturated heterocycles. The van der Waals surface area contributed by atoms with Crippen molar-refractivity contribution in [2.24, 2.45) is 0 Å². The van der Waals surface area contributed by atoms with Crippen LogP contribution in [0.4, 0.5) is 0 Å². The number of hydrogen-bond acceptors (Lipinski definition) is 6. The molecule has 2 rings (SSSR count). The van der Waals surface area contributed by atoms with E-state index in [1.54, 1.807) is 14.0 Å². The molecule has 6 heteroatoms. The van der Waals surface area contributed by atoms with Crippen molar-refractivity contribution in [3.63, 3.8) is 0 Å². The number of aromatic nitrogens is 3. The average Bonchev–Trinajstić information content (AvgIpc) is 2.85. The molecule has 0 unspecified atom stereocenters. The van der Waals surface area contributed by atoms with Gasteiger partial charge in [-0.25, -0.2) is 4.98 Å². The van der Waals surface area contributed by atoms with Crippen LogP contribution in [0.5, 0.6) is 0 Å². The number of rotatable bonds is 4. The quantitative estimate of drug-likeness (QED) is 0.809. The van der Waals surface area contributed by atoms with Crippen LogP contribution in [-0.4, -0.2) is 28.8 Å². The molecule has 0 aliphatic rings. The molecule has 0 aromatic carbocycles. The summed E-state index contributed by atoms with van der Waals surface area (Å²) in [6, 6.07) is 0. The van der Waals surface area contributed by atoms with Crippen molar-refractivity contribution < 1.29 is 13.7 Å². The van der Waals surface area contributed by atoms with Crippen molar-refractivity contribution in [3.05, 3.63) is 18.0 Å². The first-order chi connectivity index (χ1) is 8.03. The highest BCUT2D eigenvalue weighted by Crippen LogP contribution is 2.23. The smallest absolute Gasteiger partial charge is 0.279 e. The highest BCUT2D eigenvalue weighted by atomic mass is 16.5. The van der Waals surface area contributed by atoms with Gasteiger partial charge >= 0.3 is 0 Å². The molecule has 0 aliphatic carbocycles. The molecule has 2 aromatic rings. The van der Waals surface area contributed by atoms with E-state index in [-0.39, 0.29) is 5.41 Å². The Bertz CT molecular complexity index is 502. The third kappa shape index (κ3) is 2.36. The lowest BCUT2D eigenvalue weighted by Crippen LogP contribution is -2.25. The lowest BCUT2D eigenvalue weighted by atomic mass is 9.94. The summed E-state index contributed by atoms with van der Waals surface area (Å²) in [5, 5.41) is 3.94. The highest BCUT2D eigenvalue weighted by molar-refractivity contribution is 5.44. The first kappa shape index (κ1) is 11.8. The van der Waals surface area contributed by atoms with Crippen molar-refractivity contribution in [1.29, 1.82) is 0 Å². The zero-order valence-corrected chi connectivity index (χ0v) is 10.4. The van der Waals surface area contributed by atoms with Crippen molar-refractivity contribution in [1.82, 2.24) is 15.1 Å². The van der Waals surface area contributed by atoms with Gasteiger partial charge < -0.3 is 13.7 Å². The molecule has 0 bridgehead atoms. The molecule has 17 heavy (non-hydrogen) atoms. The summed E-state index contributed by atoms with van der Waals surface area (Å²) in [7, 11) is 1.64. The molecule has 0 N–H and O–H groups in total. The zero-order valence-electron chi connectivity index (χ0n) is 10.4. The monoisotopic (exact) mass is 237 g/mol. The van der Waals surface area contributed by atoms with Crippen molar-refractivity contribution in [2.75, 3.05) is 13.7 Å². The largest absolute Gasteiger partial charge is 0.448 e. The average molecular weight is 237 g/mol. The maximum Gasteiger partial charge on any atom is 0.279 e. The van der Waals surface area contributed by atoms with Gasteiger partial charge in [0.05, 0.1) is 12.0 Å².